The predicted octanol–water partition coefficient (Wildman–Crippen LogP) is 1.49. The number of anilines is 1. The Kier molecular flexibility index (Phi) is 3.82. The van der Waals surface area contributed by atoms with Crippen molar-refractivity contribution in [2.75, 3.05) is 31.6 Å². The zero-order chi connectivity index (χ0) is 13.0. The Hall–Kier alpha value is -2.04. The monoisotopic (exact) mass is 248 g/mol. The molecule has 0 spiro atoms. The number of nitrogens with zero attached hydrogens (tertiary/aromatic N) is 2. The smallest absolute Gasteiger partial charge is 0.324 e. The topological polar surface area (TPSA) is 49.9 Å². The van der Waals surface area contributed by atoms with Crippen molar-refractivity contribution in [2.24, 2.45) is 0 Å². The fourth-order valence-electron chi connectivity index (χ4n) is 1.97. The molecule has 0 unspecified atom stereocenters. The molecule has 5 heteroatoms. The van der Waals surface area contributed by atoms with E-state index in [0.717, 1.165) is 5.69 Å². The van der Waals surface area contributed by atoms with Crippen LogP contribution in [0.15, 0.2) is 30.3 Å². The standard InChI is InChI=1S/C13H16N2O3/c1-18-12(16)7-8-14-9-10-15(13(14)17)11-5-3-2-4-6-11/h2-6H,7-10H2,1H3. The highest BCUT2D eigenvalue weighted by atomic mass is 16.5. The lowest BCUT2D eigenvalue weighted by molar-refractivity contribution is -0.140. The van der Waals surface area contributed by atoms with Gasteiger partial charge in [-0.2, -0.15) is 0 Å². The lowest BCUT2D eigenvalue weighted by Gasteiger charge is -2.18. The van der Waals surface area contributed by atoms with Crippen molar-refractivity contribution in [1.82, 2.24) is 4.90 Å². The lowest BCUT2D eigenvalue weighted by atomic mass is 10.3. The summed E-state index contributed by atoms with van der Waals surface area (Å²) in [5.74, 6) is -0.291. The molecule has 2 rings (SSSR count). The van der Waals surface area contributed by atoms with Gasteiger partial charge in [0.15, 0.2) is 0 Å². The number of ether oxygens (including phenoxy) is 1. The first kappa shape index (κ1) is 12.4. The first-order valence-corrected chi connectivity index (χ1v) is 5.90. The largest absolute Gasteiger partial charge is 0.469 e. The minimum atomic E-state index is -0.291. The normalized spacial score (nSPS) is 15.1. The molecule has 2 amide bonds. The summed E-state index contributed by atoms with van der Waals surface area (Å²) in [4.78, 5) is 26.5. The molecule has 1 saturated heterocycles. The summed E-state index contributed by atoms with van der Waals surface area (Å²) in [7, 11) is 1.35. The third kappa shape index (κ3) is 2.61. The Labute approximate surface area is 106 Å². The Morgan fingerprint density at radius 2 is 2.00 bits per heavy atom. The van der Waals surface area contributed by atoms with E-state index < -0.39 is 0 Å². The van der Waals surface area contributed by atoms with Gasteiger partial charge in [-0.1, -0.05) is 18.2 Å². The first-order valence-electron chi connectivity index (χ1n) is 5.90. The molecule has 1 aromatic carbocycles. The van der Waals surface area contributed by atoms with E-state index in [9.17, 15) is 9.59 Å². The molecule has 96 valence electrons. The van der Waals surface area contributed by atoms with E-state index in [1.807, 2.05) is 30.3 Å². The quantitative estimate of drug-likeness (QED) is 0.758. The van der Waals surface area contributed by atoms with Crippen molar-refractivity contribution in [2.45, 2.75) is 6.42 Å². The number of benzene rings is 1. The molecule has 0 atom stereocenters. The van der Waals surface area contributed by atoms with Crippen molar-refractivity contribution in [1.29, 1.82) is 0 Å². The van der Waals surface area contributed by atoms with Crippen molar-refractivity contribution in [3.63, 3.8) is 0 Å². The molecule has 1 aliphatic heterocycles. The second-order valence-electron chi connectivity index (χ2n) is 4.08. The molecule has 0 aliphatic carbocycles. The minimum absolute atomic E-state index is 0.0508. The third-order valence-corrected chi connectivity index (χ3v) is 2.98. The van der Waals surface area contributed by atoms with Gasteiger partial charge in [0.05, 0.1) is 13.5 Å². The maximum absolute atomic E-state index is 12.1. The molecule has 1 heterocycles. The van der Waals surface area contributed by atoms with Gasteiger partial charge >= 0.3 is 12.0 Å². The van der Waals surface area contributed by atoms with Gasteiger partial charge in [0.25, 0.3) is 0 Å². The highest BCUT2D eigenvalue weighted by Gasteiger charge is 2.29. The summed E-state index contributed by atoms with van der Waals surface area (Å²) in [5.41, 5.74) is 0.892. The molecule has 1 aliphatic rings. The van der Waals surface area contributed by atoms with Crippen LogP contribution in [0.5, 0.6) is 0 Å². The van der Waals surface area contributed by atoms with Crippen LogP contribution < -0.4 is 4.90 Å². The number of esters is 1. The van der Waals surface area contributed by atoms with Crippen LogP contribution in [0, 0.1) is 0 Å². The average Bonchev–Trinajstić information content (AvgIpc) is 2.78. The van der Waals surface area contributed by atoms with Crippen LogP contribution in [0.2, 0.25) is 0 Å². The van der Waals surface area contributed by atoms with E-state index in [-0.39, 0.29) is 18.4 Å². The fraction of sp³-hybridized carbons (Fsp3) is 0.385. The highest BCUT2D eigenvalue weighted by Crippen LogP contribution is 2.19. The van der Waals surface area contributed by atoms with Gasteiger partial charge in [-0.25, -0.2) is 4.79 Å². The Morgan fingerprint density at radius 1 is 1.28 bits per heavy atom. The van der Waals surface area contributed by atoms with Crippen molar-refractivity contribution in [3.8, 4) is 0 Å². The van der Waals surface area contributed by atoms with E-state index in [1.165, 1.54) is 7.11 Å². The zero-order valence-electron chi connectivity index (χ0n) is 10.3. The summed E-state index contributed by atoms with van der Waals surface area (Å²) in [6, 6.07) is 9.48. The third-order valence-electron chi connectivity index (χ3n) is 2.98. The van der Waals surface area contributed by atoms with Gasteiger partial charge in [0, 0.05) is 25.3 Å². The van der Waals surface area contributed by atoms with Crippen LogP contribution in [-0.4, -0.2) is 43.6 Å². The molecule has 18 heavy (non-hydrogen) atoms. The second kappa shape index (κ2) is 5.53. The summed E-state index contributed by atoms with van der Waals surface area (Å²) in [6.45, 7) is 1.71. The number of rotatable bonds is 4. The minimum Gasteiger partial charge on any atom is -0.469 e. The SMILES string of the molecule is COC(=O)CCN1CCN(c2ccccc2)C1=O. The molecule has 1 fully saturated rings. The van der Waals surface area contributed by atoms with Crippen LogP contribution in [0.1, 0.15) is 6.42 Å². The predicted molar refractivity (Wildman–Crippen MR) is 67.4 cm³/mol. The summed E-state index contributed by atoms with van der Waals surface area (Å²) >= 11 is 0. The molecule has 5 nitrogen and oxygen atoms in total. The molecular weight excluding hydrogens is 232 g/mol. The highest BCUT2D eigenvalue weighted by molar-refractivity contribution is 5.94. The maximum atomic E-state index is 12.1. The molecule has 0 bridgehead atoms. The van der Waals surface area contributed by atoms with E-state index >= 15 is 0 Å². The number of amides is 2. The van der Waals surface area contributed by atoms with Crippen LogP contribution in [0.4, 0.5) is 10.5 Å². The molecule has 1 aromatic rings. The van der Waals surface area contributed by atoms with Crippen LogP contribution in [0.3, 0.4) is 0 Å². The van der Waals surface area contributed by atoms with Crippen LogP contribution in [-0.2, 0) is 9.53 Å². The van der Waals surface area contributed by atoms with Gasteiger partial charge in [-0.15, -0.1) is 0 Å². The first-order chi connectivity index (χ1) is 8.72. The Morgan fingerprint density at radius 3 is 2.67 bits per heavy atom. The van der Waals surface area contributed by atoms with E-state index in [4.69, 9.17) is 0 Å². The molecule has 0 N–H and O–H groups in total. The van der Waals surface area contributed by atoms with Crippen molar-refractivity contribution < 1.29 is 14.3 Å². The zero-order valence-corrected chi connectivity index (χ0v) is 10.3. The number of methoxy groups -OCH3 is 1. The van der Waals surface area contributed by atoms with Crippen LogP contribution in [0.25, 0.3) is 0 Å². The number of carbonyl (C=O) groups excluding carboxylic acids is 2. The summed E-state index contributed by atoms with van der Waals surface area (Å²) < 4.78 is 4.57. The van der Waals surface area contributed by atoms with E-state index in [1.54, 1.807) is 9.80 Å². The molecule has 0 radical (unpaired) electrons. The maximum Gasteiger partial charge on any atom is 0.324 e. The van der Waals surface area contributed by atoms with E-state index in [0.29, 0.717) is 19.6 Å². The van der Waals surface area contributed by atoms with Gasteiger partial charge < -0.3 is 9.64 Å². The Bertz CT molecular complexity index is 433. The molecular formula is C13H16N2O3. The van der Waals surface area contributed by atoms with Gasteiger partial charge in [-0.3, -0.25) is 9.69 Å². The van der Waals surface area contributed by atoms with Gasteiger partial charge in [-0.05, 0) is 12.1 Å². The summed E-state index contributed by atoms with van der Waals surface area (Å²) in [6.07, 6.45) is 0.241. The second-order valence-corrected chi connectivity index (χ2v) is 4.08. The van der Waals surface area contributed by atoms with Crippen molar-refractivity contribution >= 4 is 17.7 Å². The number of para-hydroxylation sites is 1. The van der Waals surface area contributed by atoms with E-state index in [2.05, 4.69) is 4.74 Å². The number of hydrogen-bond acceptors (Lipinski definition) is 3. The number of urea groups is 1. The average molecular weight is 248 g/mol. The summed E-state index contributed by atoms with van der Waals surface area (Å²) in [5, 5.41) is 0. The number of carbonyl (C=O) groups is 2. The van der Waals surface area contributed by atoms with Crippen LogP contribution >= 0.6 is 0 Å². The lowest BCUT2D eigenvalue weighted by Crippen LogP contribution is -2.33. The van der Waals surface area contributed by atoms with Crippen molar-refractivity contribution in [3.05, 3.63) is 30.3 Å². The molecule has 0 aromatic heterocycles. The number of hydrogen-bond donors (Lipinski definition) is 0. The molecule has 0 saturated carbocycles. The fourth-order valence-corrected chi connectivity index (χ4v) is 1.97. The van der Waals surface area contributed by atoms with Gasteiger partial charge in [0.1, 0.15) is 0 Å². The van der Waals surface area contributed by atoms with Gasteiger partial charge in [0.2, 0.25) is 0 Å². The Balaban J connectivity index is 1.95.